The lowest BCUT2D eigenvalue weighted by Crippen LogP contribution is -1.93. The molecule has 0 atom stereocenters. The molecule has 15 aromatic rings. The lowest BCUT2D eigenvalue weighted by atomic mass is 9.97. The minimum absolute atomic E-state index is 1.00. The molecule has 0 aliphatic heterocycles. The number of hydrogen-bond acceptors (Lipinski definition) is 1. The van der Waals surface area contributed by atoms with Gasteiger partial charge in [0.15, 0.2) is 0 Å². The Balaban J connectivity index is 1.11. The van der Waals surface area contributed by atoms with Gasteiger partial charge in [-0.2, -0.15) is 0 Å². The zero-order chi connectivity index (χ0) is 38.1. The summed E-state index contributed by atoms with van der Waals surface area (Å²) in [6.45, 7) is 0. The van der Waals surface area contributed by atoms with Crippen LogP contribution in [0.5, 0.6) is 0 Å². The van der Waals surface area contributed by atoms with Crippen molar-refractivity contribution in [3.63, 3.8) is 0 Å². The fourth-order valence-electron chi connectivity index (χ4n) is 11.1. The maximum Gasteiger partial charge on any atom is 0.146 e. The zero-order valence-electron chi connectivity index (χ0n) is 31.6. The molecular formula is C55H30N4. The Morgan fingerprint density at radius 3 is 1.88 bits per heavy atom. The highest BCUT2D eigenvalue weighted by Crippen LogP contribution is 2.50. The Morgan fingerprint density at radius 1 is 0.339 bits per heavy atom. The highest BCUT2D eigenvalue weighted by molar-refractivity contribution is 6.39. The fraction of sp³-hybridized carbons (Fsp3) is 0. The summed E-state index contributed by atoms with van der Waals surface area (Å²) in [6, 6.07) is 65.0. The van der Waals surface area contributed by atoms with E-state index in [1.54, 1.807) is 0 Å². The molecule has 0 aliphatic rings. The summed E-state index contributed by atoms with van der Waals surface area (Å²) in [5.74, 6) is 0. The van der Waals surface area contributed by atoms with E-state index in [0.717, 1.165) is 16.9 Å². The van der Waals surface area contributed by atoms with Crippen LogP contribution in [0.25, 0.3) is 136 Å². The summed E-state index contributed by atoms with van der Waals surface area (Å²) >= 11 is 0. The highest BCUT2D eigenvalue weighted by Gasteiger charge is 2.27. The molecule has 0 amide bonds. The number of rotatable bonds is 2. The molecule has 15 rings (SSSR count). The van der Waals surface area contributed by atoms with Gasteiger partial charge in [0.2, 0.25) is 0 Å². The standard InChI is InChI=1S/C55H30N4/c1-2-15-35(16-3-1)57-45-23-9-8-18-38(45)42-27-34(24-25-46(42)57)37-19-10-21-40-44-28-33-14-6-7-17-36(33)50-51-49-41-22-11-20-39-43-26-31-12-4-5-13-32(31)29-47(43)58(53(39)41)48(49)30-56-55(51)59(52(37)40)54(44)50/h1-30H. The fourth-order valence-corrected chi connectivity index (χ4v) is 11.1. The van der Waals surface area contributed by atoms with Crippen LogP contribution in [0.4, 0.5) is 0 Å². The van der Waals surface area contributed by atoms with Gasteiger partial charge in [0.1, 0.15) is 5.65 Å². The summed E-state index contributed by atoms with van der Waals surface area (Å²) in [6.07, 6.45) is 2.14. The molecule has 6 heterocycles. The molecule has 0 unspecified atom stereocenters. The molecule has 6 aromatic heterocycles. The molecule has 0 N–H and O–H groups in total. The second-order valence-corrected chi connectivity index (χ2v) is 16.3. The summed E-state index contributed by atoms with van der Waals surface area (Å²) < 4.78 is 7.37. The predicted octanol–water partition coefficient (Wildman–Crippen LogP) is 14.5. The van der Waals surface area contributed by atoms with E-state index >= 15 is 0 Å². The summed E-state index contributed by atoms with van der Waals surface area (Å²) in [4.78, 5) is 5.52. The van der Waals surface area contributed by atoms with Gasteiger partial charge in [-0.15, -0.1) is 0 Å². The average Bonchev–Trinajstić information content (AvgIpc) is 4.08. The minimum Gasteiger partial charge on any atom is -0.309 e. The van der Waals surface area contributed by atoms with E-state index in [1.165, 1.54) is 120 Å². The van der Waals surface area contributed by atoms with Gasteiger partial charge in [-0.05, 0) is 75.6 Å². The van der Waals surface area contributed by atoms with Gasteiger partial charge in [0.05, 0.1) is 44.8 Å². The van der Waals surface area contributed by atoms with E-state index in [0.29, 0.717) is 0 Å². The van der Waals surface area contributed by atoms with Crippen LogP contribution in [-0.4, -0.2) is 18.4 Å². The van der Waals surface area contributed by atoms with E-state index in [1.807, 2.05) is 0 Å². The van der Waals surface area contributed by atoms with E-state index in [4.69, 9.17) is 4.98 Å². The van der Waals surface area contributed by atoms with E-state index < -0.39 is 0 Å². The first-order valence-electron chi connectivity index (χ1n) is 20.4. The van der Waals surface area contributed by atoms with Crippen molar-refractivity contribution >= 4 is 120 Å². The summed E-state index contributed by atoms with van der Waals surface area (Å²) in [5, 5.41) is 17.6. The van der Waals surface area contributed by atoms with Crippen LogP contribution in [-0.2, 0) is 0 Å². The first-order valence-corrected chi connectivity index (χ1v) is 20.4. The number of nitrogens with zero attached hydrogens (tertiary/aromatic N) is 4. The van der Waals surface area contributed by atoms with Crippen molar-refractivity contribution in [2.75, 3.05) is 0 Å². The van der Waals surface area contributed by atoms with Crippen molar-refractivity contribution in [2.24, 2.45) is 0 Å². The third-order valence-corrected chi connectivity index (χ3v) is 13.5. The van der Waals surface area contributed by atoms with Crippen molar-refractivity contribution < 1.29 is 0 Å². The number of para-hydroxylation sites is 4. The van der Waals surface area contributed by atoms with Crippen molar-refractivity contribution in [1.82, 2.24) is 18.4 Å². The normalized spacial score (nSPS) is 12.7. The first-order chi connectivity index (χ1) is 29.3. The third kappa shape index (κ3) is 3.60. The van der Waals surface area contributed by atoms with Gasteiger partial charge in [0.25, 0.3) is 0 Å². The molecular weight excluding hydrogens is 717 g/mol. The molecule has 0 bridgehead atoms. The van der Waals surface area contributed by atoms with E-state index in [9.17, 15) is 0 Å². The number of benzene rings is 9. The topological polar surface area (TPSA) is 26.6 Å². The van der Waals surface area contributed by atoms with E-state index in [-0.39, 0.29) is 0 Å². The number of hydrogen-bond donors (Lipinski definition) is 0. The van der Waals surface area contributed by atoms with Gasteiger partial charge in [-0.25, -0.2) is 4.98 Å². The Labute approximate surface area is 335 Å². The molecule has 9 aromatic carbocycles. The summed E-state index contributed by atoms with van der Waals surface area (Å²) in [7, 11) is 0. The molecule has 0 spiro atoms. The maximum atomic E-state index is 5.52. The van der Waals surface area contributed by atoms with Crippen LogP contribution in [0.2, 0.25) is 0 Å². The third-order valence-electron chi connectivity index (χ3n) is 13.5. The van der Waals surface area contributed by atoms with Crippen LogP contribution in [0.1, 0.15) is 0 Å². The van der Waals surface area contributed by atoms with Gasteiger partial charge in [-0.1, -0.05) is 127 Å². The van der Waals surface area contributed by atoms with Crippen LogP contribution in [0.15, 0.2) is 182 Å². The molecule has 59 heavy (non-hydrogen) atoms. The van der Waals surface area contributed by atoms with Crippen LogP contribution in [0, 0.1) is 0 Å². The molecule has 4 nitrogen and oxygen atoms in total. The van der Waals surface area contributed by atoms with Gasteiger partial charge in [-0.3, -0.25) is 4.40 Å². The molecule has 0 saturated carbocycles. The van der Waals surface area contributed by atoms with Crippen molar-refractivity contribution in [3.05, 3.63) is 182 Å². The molecule has 0 radical (unpaired) electrons. The monoisotopic (exact) mass is 746 g/mol. The smallest absolute Gasteiger partial charge is 0.146 e. The maximum absolute atomic E-state index is 5.52. The van der Waals surface area contributed by atoms with Crippen molar-refractivity contribution in [1.29, 1.82) is 0 Å². The number of aromatic nitrogens is 4. The zero-order valence-corrected chi connectivity index (χ0v) is 31.6. The second-order valence-electron chi connectivity index (χ2n) is 16.3. The van der Waals surface area contributed by atoms with Crippen LogP contribution in [0.3, 0.4) is 0 Å². The quantitative estimate of drug-likeness (QED) is 0.173. The lowest BCUT2D eigenvalue weighted by molar-refractivity contribution is 1.18. The molecule has 0 saturated heterocycles. The molecule has 270 valence electrons. The lowest BCUT2D eigenvalue weighted by Gasteiger charge is -2.09. The Hall–Kier alpha value is -7.95. The number of pyridine rings is 1. The van der Waals surface area contributed by atoms with Crippen LogP contribution >= 0.6 is 0 Å². The minimum atomic E-state index is 1.00. The first kappa shape index (κ1) is 30.2. The Bertz CT molecular complexity index is 4300. The summed E-state index contributed by atoms with van der Waals surface area (Å²) in [5.41, 5.74) is 13.1. The van der Waals surface area contributed by atoms with E-state index in [2.05, 4.69) is 195 Å². The molecule has 0 aliphatic carbocycles. The molecule has 4 heteroatoms. The molecule has 0 fully saturated rings. The van der Waals surface area contributed by atoms with Gasteiger partial charge < -0.3 is 8.97 Å². The Kier molecular flexibility index (Phi) is 5.38. The van der Waals surface area contributed by atoms with Gasteiger partial charge >= 0.3 is 0 Å². The average molecular weight is 747 g/mol. The SMILES string of the molecule is c1ccc(-n2c3ccccc3c3cc(-c4cccc5c6cc7ccccc7c7c8c9c%10cccc%11c%12cc%13ccccc%13cc%12n(c9cnc8n(c45)c67)c%11%10)ccc32)cc1. The van der Waals surface area contributed by atoms with Gasteiger partial charge in [0, 0.05) is 65.1 Å². The Morgan fingerprint density at radius 2 is 1.00 bits per heavy atom. The highest BCUT2D eigenvalue weighted by atomic mass is 15.0. The second kappa shape index (κ2) is 10.5. The predicted molar refractivity (Wildman–Crippen MR) is 248 cm³/mol. The largest absolute Gasteiger partial charge is 0.309 e. The van der Waals surface area contributed by atoms with Crippen LogP contribution < -0.4 is 0 Å². The van der Waals surface area contributed by atoms with Crippen molar-refractivity contribution in [3.8, 4) is 16.8 Å². The van der Waals surface area contributed by atoms with Crippen molar-refractivity contribution in [2.45, 2.75) is 0 Å². The number of fused-ring (bicyclic) bond motifs is 19.